The summed E-state index contributed by atoms with van der Waals surface area (Å²) in [5.41, 5.74) is 0. The van der Waals surface area contributed by atoms with Crippen LogP contribution in [0.15, 0.2) is 16.5 Å². The Bertz CT molecular complexity index is 660. The molecule has 0 radical (unpaired) electrons. The van der Waals surface area contributed by atoms with Gasteiger partial charge in [0.2, 0.25) is 10.0 Å². The van der Waals surface area contributed by atoms with E-state index >= 15 is 0 Å². The Morgan fingerprint density at radius 3 is 2.59 bits per heavy atom. The third-order valence-corrected chi connectivity index (χ3v) is 4.89. The molecule has 22 heavy (non-hydrogen) atoms. The standard InChI is InChI=1S/C12H17N3O6S/c1-22(19,20)14-6-4-9(5-7-14)8-13-12(16)10-2-3-11(21-10)15(17)18/h2-3,9H,4-8H2,1H3,(H,13,16). The Morgan fingerprint density at radius 2 is 2.09 bits per heavy atom. The van der Waals surface area contributed by atoms with Gasteiger partial charge in [0.25, 0.3) is 5.91 Å². The van der Waals surface area contributed by atoms with Crippen molar-refractivity contribution in [1.82, 2.24) is 9.62 Å². The van der Waals surface area contributed by atoms with E-state index in [1.165, 1.54) is 16.6 Å². The molecular weight excluding hydrogens is 314 g/mol. The van der Waals surface area contributed by atoms with Crippen LogP contribution in [0.5, 0.6) is 0 Å². The van der Waals surface area contributed by atoms with Crippen LogP contribution in [-0.4, -0.2) is 49.4 Å². The Morgan fingerprint density at radius 1 is 1.45 bits per heavy atom. The maximum absolute atomic E-state index is 11.8. The van der Waals surface area contributed by atoms with Crippen molar-refractivity contribution >= 4 is 21.8 Å². The molecule has 0 saturated carbocycles. The minimum atomic E-state index is -3.16. The van der Waals surface area contributed by atoms with Crippen molar-refractivity contribution in [2.45, 2.75) is 12.8 Å². The van der Waals surface area contributed by atoms with Crippen molar-refractivity contribution in [2.75, 3.05) is 25.9 Å². The first-order valence-corrected chi connectivity index (χ1v) is 8.60. The molecule has 1 saturated heterocycles. The maximum atomic E-state index is 11.8. The van der Waals surface area contributed by atoms with Gasteiger partial charge in [-0.15, -0.1) is 0 Å². The van der Waals surface area contributed by atoms with Gasteiger partial charge in [-0.3, -0.25) is 14.9 Å². The molecule has 122 valence electrons. The molecule has 10 heteroatoms. The monoisotopic (exact) mass is 331 g/mol. The molecule has 2 heterocycles. The van der Waals surface area contributed by atoms with E-state index in [2.05, 4.69) is 5.32 Å². The van der Waals surface area contributed by atoms with E-state index in [-0.39, 0.29) is 11.7 Å². The Labute approximate surface area is 127 Å². The first-order valence-electron chi connectivity index (χ1n) is 6.75. The summed E-state index contributed by atoms with van der Waals surface area (Å²) in [6, 6.07) is 2.37. The summed E-state index contributed by atoms with van der Waals surface area (Å²) in [7, 11) is -3.16. The van der Waals surface area contributed by atoms with E-state index in [9.17, 15) is 23.3 Å². The lowest BCUT2D eigenvalue weighted by Crippen LogP contribution is -2.41. The number of carbonyl (C=O) groups is 1. The van der Waals surface area contributed by atoms with Crippen LogP contribution in [0.2, 0.25) is 0 Å². The van der Waals surface area contributed by atoms with Gasteiger partial charge in [-0.1, -0.05) is 0 Å². The number of carbonyl (C=O) groups excluding carboxylic acids is 1. The second-order valence-electron chi connectivity index (χ2n) is 5.21. The predicted octanol–water partition coefficient (Wildman–Crippen LogP) is 0.589. The molecule has 0 atom stereocenters. The van der Waals surface area contributed by atoms with E-state index < -0.39 is 26.7 Å². The second-order valence-corrected chi connectivity index (χ2v) is 7.19. The molecule has 1 fully saturated rings. The smallest absolute Gasteiger partial charge is 0.395 e. The van der Waals surface area contributed by atoms with Gasteiger partial charge in [-0.05, 0) is 24.8 Å². The number of furan rings is 1. The first kappa shape index (κ1) is 16.4. The number of amides is 1. The zero-order valence-electron chi connectivity index (χ0n) is 12.0. The highest BCUT2D eigenvalue weighted by Gasteiger charge is 2.25. The van der Waals surface area contributed by atoms with Crippen LogP contribution in [0.4, 0.5) is 5.88 Å². The van der Waals surface area contributed by atoms with Gasteiger partial charge in [0.1, 0.15) is 4.92 Å². The molecule has 0 bridgehead atoms. The molecule has 0 spiro atoms. The summed E-state index contributed by atoms with van der Waals surface area (Å²) in [6.07, 6.45) is 2.50. The summed E-state index contributed by atoms with van der Waals surface area (Å²) >= 11 is 0. The Hall–Kier alpha value is -1.94. The second kappa shape index (κ2) is 6.44. The SMILES string of the molecule is CS(=O)(=O)N1CCC(CNC(=O)c2ccc([N+](=O)[O-])o2)CC1. The van der Waals surface area contributed by atoms with E-state index in [4.69, 9.17) is 4.42 Å². The minimum Gasteiger partial charge on any atom is -0.395 e. The Kier molecular flexibility index (Phi) is 4.81. The number of rotatable bonds is 5. The lowest BCUT2D eigenvalue weighted by Gasteiger charge is -2.30. The fraction of sp³-hybridized carbons (Fsp3) is 0.583. The number of nitrogens with one attached hydrogen (secondary N) is 1. The van der Waals surface area contributed by atoms with Crippen molar-refractivity contribution in [1.29, 1.82) is 0 Å². The van der Waals surface area contributed by atoms with Crippen LogP contribution in [0, 0.1) is 16.0 Å². The quantitative estimate of drug-likeness (QED) is 0.622. The van der Waals surface area contributed by atoms with Crippen molar-refractivity contribution < 1.29 is 22.6 Å². The van der Waals surface area contributed by atoms with Gasteiger partial charge in [-0.2, -0.15) is 0 Å². The van der Waals surface area contributed by atoms with Crippen LogP contribution in [0.1, 0.15) is 23.4 Å². The van der Waals surface area contributed by atoms with Crippen molar-refractivity contribution in [3.8, 4) is 0 Å². The molecule has 0 aromatic carbocycles. The lowest BCUT2D eigenvalue weighted by molar-refractivity contribution is -0.402. The molecule has 1 aliphatic heterocycles. The molecule has 9 nitrogen and oxygen atoms in total. The third-order valence-electron chi connectivity index (χ3n) is 3.59. The van der Waals surface area contributed by atoms with Gasteiger partial charge >= 0.3 is 5.88 Å². The number of hydrogen-bond acceptors (Lipinski definition) is 6. The summed E-state index contributed by atoms with van der Waals surface area (Å²) in [5, 5.41) is 13.1. The third kappa shape index (κ3) is 4.04. The van der Waals surface area contributed by atoms with Crippen molar-refractivity contribution in [2.24, 2.45) is 5.92 Å². The highest BCUT2D eigenvalue weighted by atomic mass is 32.2. The zero-order chi connectivity index (χ0) is 16.3. The number of hydrogen-bond donors (Lipinski definition) is 1. The summed E-state index contributed by atoms with van der Waals surface area (Å²) in [6.45, 7) is 1.25. The van der Waals surface area contributed by atoms with E-state index in [0.29, 0.717) is 32.5 Å². The molecule has 1 aromatic heterocycles. The number of piperidine rings is 1. The van der Waals surface area contributed by atoms with E-state index in [1.807, 2.05) is 0 Å². The number of nitrogens with zero attached hydrogens (tertiary/aromatic N) is 2. The average Bonchev–Trinajstić information content (AvgIpc) is 2.94. The van der Waals surface area contributed by atoms with E-state index in [1.54, 1.807) is 0 Å². The normalized spacial score (nSPS) is 17.3. The van der Waals surface area contributed by atoms with Gasteiger partial charge in [0.15, 0.2) is 5.76 Å². The van der Waals surface area contributed by atoms with E-state index in [0.717, 1.165) is 6.07 Å². The van der Waals surface area contributed by atoms with Crippen LogP contribution in [0.3, 0.4) is 0 Å². The first-order chi connectivity index (χ1) is 10.3. The topological polar surface area (TPSA) is 123 Å². The molecule has 0 unspecified atom stereocenters. The number of nitro groups is 1. The molecule has 2 rings (SSSR count). The average molecular weight is 331 g/mol. The fourth-order valence-corrected chi connectivity index (χ4v) is 3.19. The zero-order valence-corrected chi connectivity index (χ0v) is 12.8. The van der Waals surface area contributed by atoms with Gasteiger partial charge in [-0.25, -0.2) is 12.7 Å². The lowest BCUT2D eigenvalue weighted by atomic mass is 9.98. The van der Waals surface area contributed by atoms with Crippen LogP contribution < -0.4 is 5.32 Å². The van der Waals surface area contributed by atoms with Crippen LogP contribution in [-0.2, 0) is 10.0 Å². The fourth-order valence-electron chi connectivity index (χ4n) is 2.32. The van der Waals surface area contributed by atoms with Gasteiger partial charge in [0.05, 0.1) is 12.3 Å². The molecule has 1 amide bonds. The van der Waals surface area contributed by atoms with Crippen molar-refractivity contribution in [3.05, 3.63) is 28.0 Å². The minimum absolute atomic E-state index is 0.111. The summed E-state index contributed by atoms with van der Waals surface area (Å²) < 4.78 is 29.0. The molecule has 1 aromatic rings. The van der Waals surface area contributed by atoms with Gasteiger partial charge in [0, 0.05) is 19.6 Å². The predicted molar refractivity (Wildman–Crippen MR) is 76.8 cm³/mol. The highest BCUT2D eigenvalue weighted by molar-refractivity contribution is 7.88. The van der Waals surface area contributed by atoms with Crippen LogP contribution in [0.25, 0.3) is 0 Å². The molecular formula is C12H17N3O6S. The maximum Gasteiger partial charge on any atom is 0.433 e. The van der Waals surface area contributed by atoms with Gasteiger partial charge < -0.3 is 9.73 Å². The molecule has 1 N–H and O–H groups in total. The molecule has 0 aliphatic carbocycles. The summed E-state index contributed by atoms with van der Waals surface area (Å²) in [5.74, 6) is -0.933. The number of sulfonamides is 1. The summed E-state index contributed by atoms with van der Waals surface area (Å²) in [4.78, 5) is 21.6. The largest absolute Gasteiger partial charge is 0.433 e. The van der Waals surface area contributed by atoms with Crippen LogP contribution >= 0.6 is 0 Å². The Balaban J connectivity index is 1.81. The van der Waals surface area contributed by atoms with Crippen molar-refractivity contribution in [3.63, 3.8) is 0 Å². The highest BCUT2D eigenvalue weighted by Crippen LogP contribution is 2.19. The molecule has 1 aliphatic rings.